The van der Waals surface area contributed by atoms with Crippen LogP contribution < -0.4 is 5.32 Å². The van der Waals surface area contributed by atoms with Crippen molar-refractivity contribution in [1.82, 2.24) is 4.98 Å². The average molecular weight is 293 g/mol. The Labute approximate surface area is 127 Å². The Morgan fingerprint density at radius 1 is 1.19 bits per heavy atom. The van der Waals surface area contributed by atoms with Crippen molar-refractivity contribution in [2.24, 2.45) is 0 Å². The topological polar surface area (TPSA) is 48.7 Å². The van der Waals surface area contributed by atoms with Crippen LogP contribution in [0.4, 0.5) is 5.69 Å². The van der Waals surface area contributed by atoms with Crippen LogP contribution in [0.5, 0.6) is 0 Å². The number of hydrogen-bond donors (Lipinski definition) is 1. The molecule has 1 heterocycles. The summed E-state index contributed by atoms with van der Waals surface area (Å²) in [6.45, 7) is 2.86. The number of nitrogens with zero attached hydrogens (tertiary/aromatic N) is 2. The van der Waals surface area contributed by atoms with Crippen molar-refractivity contribution in [3.8, 4) is 6.07 Å². The van der Waals surface area contributed by atoms with Gasteiger partial charge in [0.05, 0.1) is 22.3 Å². The fourth-order valence-electron chi connectivity index (χ4n) is 2.40. The molecule has 3 nitrogen and oxygen atoms in total. The first-order valence-electron chi connectivity index (χ1n) is 6.84. The van der Waals surface area contributed by atoms with E-state index in [9.17, 15) is 5.26 Å². The van der Waals surface area contributed by atoms with Gasteiger partial charge in [-0.1, -0.05) is 24.3 Å². The first kappa shape index (κ1) is 13.6. The quantitative estimate of drug-likeness (QED) is 0.786. The van der Waals surface area contributed by atoms with Gasteiger partial charge < -0.3 is 5.32 Å². The summed E-state index contributed by atoms with van der Waals surface area (Å²) < 4.78 is 0. The highest BCUT2D eigenvalue weighted by Gasteiger charge is 2.05. The van der Waals surface area contributed by atoms with Gasteiger partial charge in [-0.3, -0.25) is 0 Å². The summed E-state index contributed by atoms with van der Waals surface area (Å²) in [4.78, 5) is 4.47. The van der Waals surface area contributed by atoms with Crippen LogP contribution in [-0.2, 0) is 6.42 Å². The van der Waals surface area contributed by atoms with Crippen LogP contribution in [0.25, 0.3) is 10.8 Å². The second kappa shape index (κ2) is 5.94. The number of rotatable bonds is 4. The van der Waals surface area contributed by atoms with Gasteiger partial charge in [-0.05, 0) is 19.1 Å². The van der Waals surface area contributed by atoms with Crippen LogP contribution in [0.15, 0.2) is 41.8 Å². The van der Waals surface area contributed by atoms with Gasteiger partial charge in [-0.15, -0.1) is 11.3 Å². The first-order valence-corrected chi connectivity index (χ1v) is 7.72. The molecule has 4 heteroatoms. The zero-order valence-corrected chi connectivity index (χ0v) is 12.6. The lowest BCUT2D eigenvalue weighted by Gasteiger charge is -2.10. The maximum atomic E-state index is 9.18. The zero-order valence-electron chi connectivity index (χ0n) is 11.8. The first-order chi connectivity index (χ1) is 10.3. The minimum Gasteiger partial charge on any atom is -0.384 e. The largest absolute Gasteiger partial charge is 0.384 e. The maximum Gasteiger partial charge on any atom is 0.0998 e. The molecular formula is C17H15N3S. The number of aryl methyl sites for hydroxylation is 1. The molecule has 0 spiro atoms. The number of thiazole rings is 1. The molecule has 0 amide bonds. The van der Waals surface area contributed by atoms with E-state index in [0.29, 0.717) is 5.56 Å². The Bertz CT molecular complexity index is 814. The Kier molecular flexibility index (Phi) is 3.85. The van der Waals surface area contributed by atoms with Crippen molar-refractivity contribution in [3.63, 3.8) is 0 Å². The Balaban J connectivity index is 1.80. The van der Waals surface area contributed by atoms with E-state index in [1.807, 2.05) is 43.3 Å². The molecular weight excluding hydrogens is 278 g/mol. The Morgan fingerprint density at radius 2 is 2.00 bits per heavy atom. The van der Waals surface area contributed by atoms with Crippen LogP contribution in [0, 0.1) is 18.3 Å². The third-order valence-electron chi connectivity index (χ3n) is 3.41. The number of aromatic nitrogens is 1. The summed E-state index contributed by atoms with van der Waals surface area (Å²) in [5, 5.41) is 17.9. The predicted octanol–water partition coefficient (Wildman–Crippen LogP) is 4.13. The van der Waals surface area contributed by atoms with Gasteiger partial charge in [0.1, 0.15) is 0 Å². The standard InChI is InChI=1S/C17H15N3S/c1-12-20-14(11-21-12)8-9-19-17-7-6-13(10-18)15-4-2-3-5-16(15)17/h2-7,11,19H,8-9H2,1H3. The molecule has 104 valence electrons. The molecule has 0 saturated heterocycles. The van der Waals surface area contributed by atoms with Crippen molar-refractivity contribution in [3.05, 3.63) is 58.0 Å². The maximum absolute atomic E-state index is 9.18. The minimum absolute atomic E-state index is 0.714. The third-order valence-corrected chi connectivity index (χ3v) is 4.23. The highest BCUT2D eigenvalue weighted by molar-refractivity contribution is 7.09. The third kappa shape index (κ3) is 2.88. The Hall–Kier alpha value is -2.38. The zero-order chi connectivity index (χ0) is 14.7. The molecule has 21 heavy (non-hydrogen) atoms. The van der Waals surface area contributed by atoms with Gasteiger partial charge in [-0.25, -0.2) is 4.98 Å². The van der Waals surface area contributed by atoms with Crippen LogP contribution in [0.3, 0.4) is 0 Å². The van der Waals surface area contributed by atoms with Crippen molar-refractivity contribution < 1.29 is 0 Å². The molecule has 0 bridgehead atoms. The van der Waals surface area contributed by atoms with Crippen molar-refractivity contribution in [2.75, 3.05) is 11.9 Å². The molecule has 0 unspecified atom stereocenters. The molecule has 1 aromatic heterocycles. The number of nitrogens with one attached hydrogen (secondary N) is 1. The monoisotopic (exact) mass is 293 g/mol. The van der Waals surface area contributed by atoms with E-state index in [1.165, 1.54) is 0 Å². The van der Waals surface area contributed by atoms with Crippen molar-refractivity contribution in [1.29, 1.82) is 5.26 Å². The van der Waals surface area contributed by atoms with E-state index in [-0.39, 0.29) is 0 Å². The predicted molar refractivity (Wildman–Crippen MR) is 87.7 cm³/mol. The summed E-state index contributed by atoms with van der Waals surface area (Å²) in [5.41, 5.74) is 2.91. The molecule has 0 saturated carbocycles. The van der Waals surface area contributed by atoms with Gasteiger partial charge in [0.15, 0.2) is 0 Å². The van der Waals surface area contributed by atoms with Gasteiger partial charge in [0.25, 0.3) is 0 Å². The average Bonchev–Trinajstić information content (AvgIpc) is 2.93. The van der Waals surface area contributed by atoms with E-state index in [0.717, 1.165) is 40.1 Å². The summed E-state index contributed by atoms with van der Waals surface area (Å²) in [6, 6.07) is 14.1. The smallest absolute Gasteiger partial charge is 0.0998 e. The molecule has 1 N–H and O–H groups in total. The van der Waals surface area contributed by atoms with Gasteiger partial charge in [0, 0.05) is 34.8 Å². The van der Waals surface area contributed by atoms with Crippen LogP contribution in [0.2, 0.25) is 0 Å². The number of nitriles is 1. The second-order valence-electron chi connectivity index (χ2n) is 4.85. The molecule has 0 aliphatic rings. The summed E-state index contributed by atoms with van der Waals surface area (Å²) in [5.74, 6) is 0. The van der Waals surface area contributed by atoms with E-state index >= 15 is 0 Å². The van der Waals surface area contributed by atoms with Crippen LogP contribution >= 0.6 is 11.3 Å². The number of fused-ring (bicyclic) bond motifs is 1. The summed E-state index contributed by atoms with van der Waals surface area (Å²) >= 11 is 1.68. The molecule has 0 aliphatic heterocycles. The molecule has 0 fully saturated rings. The summed E-state index contributed by atoms with van der Waals surface area (Å²) in [7, 11) is 0. The number of benzene rings is 2. The normalized spacial score (nSPS) is 10.5. The summed E-state index contributed by atoms with van der Waals surface area (Å²) in [6.07, 6.45) is 0.901. The van der Waals surface area contributed by atoms with E-state index in [2.05, 4.69) is 21.8 Å². The van der Waals surface area contributed by atoms with E-state index in [4.69, 9.17) is 0 Å². The van der Waals surface area contributed by atoms with Crippen LogP contribution in [-0.4, -0.2) is 11.5 Å². The van der Waals surface area contributed by atoms with E-state index < -0.39 is 0 Å². The fourth-order valence-corrected chi connectivity index (χ4v) is 3.05. The molecule has 0 radical (unpaired) electrons. The number of hydrogen-bond acceptors (Lipinski definition) is 4. The lowest BCUT2D eigenvalue weighted by molar-refractivity contribution is 0.970. The molecule has 3 aromatic rings. The van der Waals surface area contributed by atoms with E-state index in [1.54, 1.807) is 11.3 Å². The van der Waals surface area contributed by atoms with Gasteiger partial charge in [-0.2, -0.15) is 5.26 Å². The SMILES string of the molecule is Cc1nc(CCNc2ccc(C#N)c3ccccc23)cs1. The highest BCUT2D eigenvalue weighted by atomic mass is 32.1. The van der Waals surface area contributed by atoms with Gasteiger partial charge in [0.2, 0.25) is 0 Å². The Morgan fingerprint density at radius 3 is 2.71 bits per heavy atom. The minimum atomic E-state index is 0.714. The fraction of sp³-hybridized carbons (Fsp3) is 0.176. The highest BCUT2D eigenvalue weighted by Crippen LogP contribution is 2.26. The van der Waals surface area contributed by atoms with Crippen LogP contribution in [0.1, 0.15) is 16.3 Å². The lowest BCUT2D eigenvalue weighted by Crippen LogP contribution is -2.05. The second-order valence-corrected chi connectivity index (χ2v) is 5.91. The molecule has 3 rings (SSSR count). The number of anilines is 1. The molecule has 0 aliphatic carbocycles. The lowest BCUT2D eigenvalue weighted by atomic mass is 10.0. The molecule has 0 atom stereocenters. The van der Waals surface area contributed by atoms with Crippen molar-refractivity contribution in [2.45, 2.75) is 13.3 Å². The van der Waals surface area contributed by atoms with Gasteiger partial charge >= 0.3 is 0 Å². The van der Waals surface area contributed by atoms with Crippen molar-refractivity contribution >= 4 is 27.8 Å². The molecule has 2 aromatic carbocycles.